The third kappa shape index (κ3) is 10.2. The Morgan fingerprint density at radius 3 is 2.33 bits per heavy atom. The lowest BCUT2D eigenvalue weighted by Gasteiger charge is -2.39. The van der Waals surface area contributed by atoms with Gasteiger partial charge >= 0.3 is 0 Å². The van der Waals surface area contributed by atoms with E-state index in [1.54, 1.807) is 12.1 Å². The molecule has 9 nitrogen and oxygen atoms in total. The monoisotopic (exact) mass is 654 g/mol. The number of anilines is 3. The van der Waals surface area contributed by atoms with Gasteiger partial charge in [-0.1, -0.05) is 73.9 Å². The number of aliphatic hydroxyl groups is 1. The number of benzene rings is 3. The Bertz CT molecular complexity index is 1490. The van der Waals surface area contributed by atoms with E-state index in [-0.39, 0.29) is 30.6 Å². The van der Waals surface area contributed by atoms with Crippen molar-refractivity contribution in [3.8, 4) is 0 Å². The third-order valence-electron chi connectivity index (χ3n) is 9.24. The highest BCUT2D eigenvalue weighted by atomic mass is 16.7. The van der Waals surface area contributed by atoms with Gasteiger partial charge in [0.1, 0.15) is 0 Å². The standard InChI is InChI=1S/C39H50N4O5/c1-2-23-43(32-13-6-7-14-32)26-33-25-36(29-21-19-28(27-44)20-22-29)48-39(47-33)30-11-10-12-31(24-30)41-37(45)17-4-3-5-18-38(46)42-35-16-9-8-15-34(35)40/h2,8-12,15-16,19-22,24,32-33,36,39,44H,1,3-7,13-14,17-18,23,25-27,40H2,(H,41,45)(H,42,46)/t33-,36+,39+/m0/s1. The largest absolute Gasteiger partial charge is 0.397 e. The fourth-order valence-corrected chi connectivity index (χ4v) is 6.66. The third-order valence-corrected chi connectivity index (χ3v) is 9.24. The van der Waals surface area contributed by atoms with E-state index in [0.717, 1.165) is 36.2 Å². The number of hydrogen-bond acceptors (Lipinski definition) is 7. The molecule has 256 valence electrons. The highest BCUT2D eigenvalue weighted by Crippen LogP contribution is 2.39. The summed E-state index contributed by atoms with van der Waals surface area (Å²) in [5, 5.41) is 15.4. The van der Waals surface area contributed by atoms with Crippen LogP contribution in [0.2, 0.25) is 0 Å². The van der Waals surface area contributed by atoms with Gasteiger partial charge in [0.25, 0.3) is 0 Å². The second-order valence-electron chi connectivity index (χ2n) is 12.9. The van der Waals surface area contributed by atoms with E-state index in [0.29, 0.717) is 55.2 Å². The SMILES string of the molecule is C=CCN(C[C@@H]1C[C@H](c2ccc(CO)cc2)O[C@H](c2cccc(NC(=O)CCCCCC(=O)Nc3ccccc3N)c2)O1)C1CCCC1. The fraction of sp³-hybridized carbons (Fsp3) is 0.436. The topological polar surface area (TPSA) is 126 Å². The zero-order chi connectivity index (χ0) is 33.7. The minimum atomic E-state index is -0.602. The molecule has 1 saturated carbocycles. The highest BCUT2D eigenvalue weighted by Gasteiger charge is 2.34. The first-order chi connectivity index (χ1) is 23.4. The minimum absolute atomic E-state index is 0.00157. The van der Waals surface area contributed by atoms with Crippen molar-refractivity contribution in [1.82, 2.24) is 4.90 Å². The first-order valence-electron chi connectivity index (χ1n) is 17.3. The Balaban J connectivity index is 1.16. The van der Waals surface area contributed by atoms with Crippen molar-refractivity contribution < 1.29 is 24.2 Å². The van der Waals surface area contributed by atoms with E-state index in [2.05, 4.69) is 22.1 Å². The van der Waals surface area contributed by atoms with Crippen LogP contribution in [-0.2, 0) is 25.7 Å². The number of amides is 2. The molecule has 3 aromatic carbocycles. The molecule has 3 aromatic rings. The molecule has 1 saturated heterocycles. The van der Waals surface area contributed by atoms with Crippen LogP contribution in [0, 0.1) is 0 Å². The summed E-state index contributed by atoms with van der Waals surface area (Å²) in [5.41, 5.74) is 10.5. The minimum Gasteiger partial charge on any atom is -0.397 e. The maximum Gasteiger partial charge on any atom is 0.224 e. The van der Waals surface area contributed by atoms with Gasteiger partial charge in [-0.25, -0.2) is 0 Å². The molecule has 9 heteroatoms. The lowest BCUT2D eigenvalue weighted by atomic mass is 9.99. The Hall–Kier alpha value is -4.02. The number of ether oxygens (including phenoxy) is 2. The van der Waals surface area contributed by atoms with Gasteiger partial charge in [-0.3, -0.25) is 14.5 Å². The quantitative estimate of drug-likeness (QED) is 0.0727. The van der Waals surface area contributed by atoms with Crippen LogP contribution in [-0.4, -0.2) is 47.1 Å². The number of carbonyl (C=O) groups is 2. The van der Waals surface area contributed by atoms with Crippen LogP contribution in [0.5, 0.6) is 0 Å². The molecule has 0 unspecified atom stereocenters. The molecule has 5 rings (SSSR count). The zero-order valence-electron chi connectivity index (χ0n) is 27.8. The number of carbonyl (C=O) groups excluding carboxylic acids is 2. The van der Waals surface area contributed by atoms with Crippen molar-refractivity contribution in [2.45, 2.75) is 95.4 Å². The zero-order valence-corrected chi connectivity index (χ0v) is 27.8. The molecule has 0 radical (unpaired) electrons. The van der Waals surface area contributed by atoms with Gasteiger partial charge in [-0.05, 0) is 61.1 Å². The van der Waals surface area contributed by atoms with Crippen molar-refractivity contribution in [1.29, 1.82) is 0 Å². The number of para-hydroxylation sites is 2. The average molecular weight is 655 g/mol. The molecule has 0 spiro atoms. The Kier molecular flexibility index (Phi) is 13.2. The summed E-state index contributed by atoms with van der Waals surface area (Å²) in [7, 11) is 0. The number of nitrogens with zero attached hydrogens (tertiary/aromatic N) is 1. The first-order valence-corrected chi connectivity index (χ1v) is 17.3. The van der Waals surface area contributed by atoms with Crippen LogP contribution in [0.3, 0.4) is 0 Å². The normalized spacial score (nSPS) is 19.7. The van der Waals surface area contributed by atoms with E-state index in [9.17, 15) is 14.7 Å². The van der Waals surface area contributed by atoms with Crippen molar-refractivity contribution >= 4 is 28.9 Å². The molecule has 0 bridgehead atoms. The van der Waals surface area contributed by atoms with Crippen LogP contribution in [0.25, 0.3) is 0 Å². The number of nitrogen functional groups attached to an aromatic ring is 1. The molecular formula is C39H50N4O5. The summed E-state index contributed by atoms with van der Waals surface area (Å²) in [6.07, 6.45) is 9.65. The molecule has 48 heavy (non-hydrogen) atoms. The van der Waals surface area contributed by atoms with Gasteiger partial charge < -0.3 is 30.9 Å². The van der Waals surface area contributed by atoms with Crippen molar-refractivity contribution in [3.05, 3.63) is 102 Å². The molecule has 2 aliphatic rings. The predicted octanol–water partition coefficient (Wildman–Crippen LogP) is 7.26. The first kappa shape index (κ1) is 35.3. The molecule has 5 N–H and O–H groups in total. The molecule has 2 fully saturated rings. The van der Waals surface area contributed by atoms with Gasteiger partial charge in [0.2, 0.25) is 11.8 Å². The highest BCUT2D eigenvalue weighted by molar-refractivity contribution is 5.93. The molecule has 3 atom stereocenters. The second-order valence-corrected chi connectivity index (χ2v) is 12.9. The smallest absolute Gasteiger partial charge is 0.224 e. The van der Waals surface area contributed by atoms with Crippen LogP contribution in [0.15, 0.2) is 85.5 Å². The van der Waals surface area contributed by atoms with Crippen LogP contribution >= 0.6 is 0 Å². The summed E-state index contributed by atoms with van der Waals surface area (Å²) in [5.74, 6) is -0.157. The lowest BCUT2D eigenvalue weighted by molar-refractivity contribution is -0.253. The molecule has 0 aromatic heterocycles. The summed E-state index contributed by atoms with van der Waals surface area (Å²) in [6, 6.07) is 23.3. The van der Waals surface area contributed by atoms with Crippen LogP contribution < -0.4 is 16.4 Å². The average Bonchev–Trinajstić information content (AvgIpc) is 3.64. The predicted molar refractivity (Wildman–Crippen MR) is 190 cm³/mol. The molecule has 1 aliphatic heterocycles. The lowest BCUT2D eigenvalue weighted by Crippen LogP contribution is -2.43. The Morgan fingerprint density at radius 1 is 0.896 bits per heavy atom. The molecule has 1 heterocycles. The van der Waals surface area contributed by atoms with E-state index >= 15 is 0 Å². The number of nitrogens with two attached hydrogens (primary N) is 1. The second kappa shape index (κ2) is 17.9. The van der Waals surface area contributed by atoms with E-state index in [4.69, 9.17) is 15.2 Å². The van der Waals surface area contributed by atoms with Gasteiger partial charge in [-0.2, -0.15) is 0 Å². The number of hydrogen-bond donors (Lipinski definition) is 4. The Labute approximate surface area is 284 Å². The van der Waals surface area contributed by atoms with E-state index in [1.807, 2.05) is 66.7 Å². The van der Waals surface area contributed by atoms with Crippen LogP contribution in [0.1, 0.15) is 93.3 Å². The van der Waals surface area contributed by atoms with E-state index in [1.165, 1.54) is 25.7 Å². The van der Waals surface area contributed by atoms with Gasteiger partial charge in [0, 0.05) is 49.6 Å². The van der Waals surface area contributed by atoms with E-state index < -0.39 is 6.29 Å². The number of rotatable bonds is 16. The Morgan fingerprint density at radius 2 is 1.62 bits per heavy atom. The van der Waals surface area contributed by atoms with Gasteiger partial charge in [0.15, 0.2) is 6.29 Å². The summed E-state index contributed by atoms with van der Waals surface area (Å²) < 4.78 is 13.2. The van der Waals surface area contributed by atoms with Crippen LogP contribution in [0.4, 0.5) is 17.1 Å². The van der Waals surface area contributed by atoms with Crippen molar-refractivity contribution in [3.63, 3.8) is 0 Å². The molecule has 1 aliphatic carbocycles. The summed E-state index contributed by atoms with van der Waals surface area (Å²) >= 11 is 0. The maximum absolute atomic E-state index is 12.8. The van der Waals surface area contributed by atoms with Gasteiger partial charge in [-0.15, -0.1) is 6.58 Å². The number of aliphatic hydroxyl groups excluding tert-OH is 1. The van der Waals surface area contributed by atoms with Crippen molar-refractivity contribution in [2.24, 2.45) is 0 Å². The van der Waals surface area contributed by atoms with Gasteiger partial charge in [0.05, 0.1) is 30.2 Å². The molecule has 2 amide bonds. The summed E-state index contributed by atoms with van der Waals surface area (Å²) in [6.45, 7) is 5.62. The number of nitrogens with one attached hydrogen (secondary N) is 2. The number of unbranched alkanes of at least 4 members (excludes halogenated alkanes) is 2. The fourth-order valence-electron chi connectivity index (χ4n) is 6.66. The van der Waals surface area contributed by atoms with Crippen molar-refractivity contribution in [2.75, 3.05) is 29.5 Å². The molecular weight excluding hydrogens is 604 g/mol. The maximum atomic E-state index is 12.8. The summed E-state index contributed by atoms with van der Waals surface area (Å²) in [4.78, 5) is 27.6.